The van der Waals surface area contributed by atoms with E-state index in [4.69, 9.17) is 9.16 Å². The molecule has 1 heterocycles. The highest BCUT2D eigenvalue weighted by molar-refractivity contribution is 6.74. The van der Waals surface area contributed by atoms with Crippen LogP contribution < -0.4 is 0 Å². The molecule has 0 fully saturated rings. The summed E-state index contributed by atoms with van der Waals surface area (Å²) in [5, 5.41) is 0.138. The minimum absolute atomic E-state index is 0.0407. The van der Waals surface area contributed by atoms with Crippen molar-refractivity contribution in [1.29, 1.82) is 0 Å². The molecule has 1 rings (SSSR count). The molecule has 0 radical (unpaired) electrons. The minimum Gasteiger partial charge on any atom is -0.410 e. The van der Waals surface area contributed by atoms with Crippen LogP contribution in [0.15, 0.2) is 23.8 Å². The summed E-state index contributed by atoms with van der Waals surface area (Å²) in [5.74, 6) is 0.417. The van der Waals surface area contributed by atoms with Gasteiger partial charge in [0.25, 0.3) is 0 Å². The number of methoxy groups -OCH3 is 1. The van der Waals surface area contributed by atoms with Crippen molar-refractivity contribution in [2.75, 3.05) is 20.7 Å². The summed E-state index contributed by atoms with van der Waals surface area (Å²) in [6.45, 7) is 16.4. The molecule has 4 nitrogen and oxygen atoms in total. The van der Waals surface area contributed by atoms with Gasteiger partial charge in [0.15, 0.2) is 8.32 Å². The van der Waals surface area contributed by atoms with E-state index in [1.165, 1.54) is 5.57 Å². The lowest BCUT2D eigenvalue weighted by atomic mass is 9.96. The second kappa shape index (κ2) is 10.7. The number of hydrogen-bond acceptors (Lipinski definition) is 3. The zero-order valence-electron chi connectivity index (χ0n) is 19.7. The van der Waals surface area contributed by atoms with Crippen molar-refractivity contribution in [2.45, 2.75) is 90.6 Å². The Kier molecular flexibility index (Phi) is 9.64. The van der Waals surface area contributed by atoms with Crippen molar-refractivity contribution < 1.29 is 14.0 Å². The van der Waals surface area contributed by atoms with Gasteiger partial charge in [-0.3, -0.25) is 4.79 Å². The lowest BCUT2D eigenvalue weighted by molar-refractivity contribution is -0.129. The van der Waals surface area contributed by atoms with Crippen molar-refractivity contribution in [3.8, 4) is 0 Å². The second-order valence-corrected chi connectivity index (χ2v) is 14.6. The first-order valence-corrected chi connectivity index (χ1v) is 13.6. The Morgan fingerprint density at radius 1 is 1.21 bits per heavy atom. The van der Waals surface area contributed by atoms with Gasteiger partial charge in [-0.1, -0.05) is 51.5 Å². The maximum absolute atomic E-state index is 12.3. The maximum atomic E-state index is 12.3. The smallest absolute Gasteiger partial charge is 0.222 e. The number of ether oxygens (including phenoxy) is 1. The fourth-order valence-corrected chi connectivity index (χ4v) is 4.71. The van der Waals surface area contributed by atoms with E-state index >= 15 is 0 Å². The molecule has 0 aromatic rings. The number of carbonyl (C=O) groups excluding carboxylic acids is 1. The van der Waals surface area contributed by atoms with Crippen LogP contribution in [0.25, 0.3) is 0 Å². The van der Waals surface area contributed by atoms with Crippen LogP contribution in [0.3, 0.4) is 0 Å². The predicted octanol–water partition coefficient (Wildman–Crippen LogP) is 5.56. The molecule has 0 saturated heterocycles. The van der Waals surface area contributed by atoms with E-state index in [1.807, 2.05) is 11.9 Å². The van der Waals surface area contributed by atoms with Crippen molar-refractivity contribution in [1.82, 2.24) is 4.90 Å². The van der Waals surface area contributed by atoms with E-state index in [1.54, 1.807) is 7.11 Å². The third-order valence-corrected chi connectivity index (χ3v) is 10.6. The molecule has 0 saturated carbocycles. The third kappa shape index (κ3) is 7.49. The Morgan fingerprint density at radius 3 is 2.43 bits per heavy atom. The molecule has 28 heavy (non-hydrogen) atoms. The highest BCUT2D eigenvalue weighted by Gasteiger charge is 2.41. The SMILES string of the molecule is CO[C@H]1/C=C/CCCCC(=O)N(C)C/C(C)=C\[C@@H](C)[C@@H]1O[Si](C)(C)C(C)(C)C. The summed E-state index contributed by atoms with van der Waals surface area (Å²) in [4.78, 5) is 14.2. The number of carbonyl (C=O) groups is 1. The van der Waals surface area contributed by atoms with Crippen molar-refractivity contribution in [3.63, 3.8) is 0 Å². The van der Waals surface area contributed by atoms with Gasteiger partial charge in [-0.25, -0.2) is 0 Å². The molecule has 1 amide bonds. The standard InChI is InChI=1S/C23H43NO3Si/c1-18-16-19(2)22(27-28(8,9)23(3,4)5)20(26-7)14-12-10-11-13-15-21(25)24(6)17-18/h12,14,16,19-20,22H,10-11,13,15,17H2,1-9H3/b14-12+,18-16-/t19-,20+,22+/m1/s1. The normalized spacial score (nSPS) is 29.8. The molecule has 0 aromatic carbocycles. The van der Waals surface area contributed by atoms with Gasteiger partial charge in [0.2, 0.25) is 5.91 Å². The molecule has 5 heteroatoms. The molecular weight excluding hydrogens is 366 g/mol. The Bertz CT molecular complexity index is 563. The fourth-order valence-electron chi connectivity index (χ4n) is 3.33. The Balaban J connectivity index is 3.21. The Morgan fingerprint density at radius 2 is 1.86 bits per heavy atom. The van der Waals surface area contributed by atoms with Gasteiger partial charge >= 0.3 is 0 Å². The van der Waals surface area contributed by atoms with E-state index < -0.39 is 8.32 Å². The monoisotopic (exact) mass is 409 g/mol. The Hall–Kier alpha value is -0.913. The summed E-state index contributed by atoms with van der Waals surface area (Å²) >= 11 is 0. The predicted molar refractivity (Wildman–Crippen MR) is 121 cm³/mol. The summed E-state index contributed by atoms with van der Waals surface area (Å²) in [6, 6.07) is 0. The molecule has 162 valence electrons. The molecular formula is C23H43NO3Si. The maximum Gasteiger partial charge on any atom is 0.222 e. The molecule has 0 aromatic heterocycles. The molecule has 1 aliphatic rings. The van der Waals surface area contributed by atoms with Gasteiger partial charge in [-0.15, -0.1) is 0 Å². The highest BCUT2D eigenvalue weighted by atomic mass is 28.4. The fraction of sp³-hybridized carbons (Fsp3) is 0.783. The summed E-state index contributed by atoms with van der Waals surface area (Å²) in [7, 11) is 1.72. The third-order valence-electron chi connectivity index (χ3n) is 6.15. The van der Waals surface area contributed by atoms with Gasteiger partial charge in [0, 0.05) is 33.0 Å². The van der Waals surface area contributed by atoms with E-state index in [0.717, 1.165) is 19.3 Å². The van der Waals surface area contributed by atoms with Gasteiger partial charge in [0.05, 0.1) is 6.10 Å². The van der Waals surface area contributed by atoms with Crippen molar-refractivity contribution in [3.05, 3.63) is 23.8 Å². The van der Waals surface area contributed by atoms with Gasteiger partial charge < -0.3 is 14.1 Å². The highest BCUT2D eigenvalue weighted by Crippen LogP contribution is 2.39. The lowest BCUT2D eigenvalue weighted by Gasteiger charge is -2.42. The summed E-state index contributed by atoms with van der Waals surface area (Å²) < 4.78 is 12.7. The number of rotatable bonds is 3. The van der Waals surface area contributed by atoms with Gasteiger partial charge in [-0.05, 0) is 44.3 Å². The average Bonchev–Trinajstić information content (AvgIpc) is 2.57. The first-order chi connectivity index (χ1) is 12.9. The molecule has 0 spiro atoms. The Labute approximate surface area is 174 Å². The van der Waals surface area contributed by atoms with Gasteiger partial charge in [-0.2, -0.15) is 0 Å². The van der Waals surface area contributed by atoms with Crippen molar-refractivity contribution >= 4 is 14.2 Å². The molecule has 3 atom stereocenters. The van der Waals surface area contributed by atoms with Crippen LogP contribution in [0.1, 0.15) is 60.3 Å². The van der Waals surface area contributed by atoms with E-state index in [0.29, 0.717) is 13.0 Å². The second-order valence-electron chi connectivity index (χ2n) is 9.84. The topological polar surface area (TPSA) is 38.8 Å². The molecule has 1 aliphatic heterocycles. The largest absolute Gasteiger partial charge is 0.410 e. The number of amides is 1. The summed E-state index contributed by atoms with van der Waals surface area (Å²) in [6.07, 6.45) is 10.0. The zero-order chi connectivity index (χ0) is 21.5. The van der Waals surface area contributed by atoms with Gasteiger partial charge in [0.1, 0.15) is 6.10 Å². The summed E-state index contributed by atoms with van der Waals surface area (Å²) in [5.41, 5.74) is 1.20. The van der Waals surface area contributed by atoms with Crippen LogP contribution in [0.4, 0.5) is 0 Å². The molecule has 0 unspecified atom stereocenters. The van der Waals surface area contributed by atoms with Crippen molar-refractivity contribution in [2.24, 2.45) is 5.92 Å². The van der Waals surface area contributed by atoms with E-state index in [2.05, 4.69) is 65.9 Å². The number of hydrogen-bond donors (Lipinski definition) is 0. The number of nitrogens with zero attached hydrogens (tertiary/aromatic N) is 1. The van der Waals surface area contributed by atoms with Crippen LogP contribution in [0, 0.1) is 5.92 Å². The van der Waals surface area contributed by atoms with Crippen LogP contribution in [0.5, 0.6) is 0 Å². The van der Waals surface area contributed by atoms with Crippen LogP contribution in [0.2, 0.25) is 18.1 Å². The minimum atomic E-state index is -1.95. The van der Waals surface area contributed by atoms with Crippen LogP contribution >= 0.6 is 0 Å². The quantitative estimate of drug-likeness (QED) is 0.452. The zero-order valence-corrected chi connectivity index (χ0v) is 20.7. The van der Waals surface area contributed by atoms with Crippen LogP contribution in [-0.2, 0) is 14.0 Å². The molecule has 0 bridgehead atoms. The molecule has 0 N–H and O–H groups in total. The first-order valence-electron chi connectivity index (χ1n) is 10.7. The molecule has 0 aliphatic carbocycles. The van der Waals surface area contributed by atoms with E-state index in [9.17, 15) is 4.79 Å². The first kappa shape index (κ1) is 25.1. The number of allylic oxidation sites excluding steroid dienone is 1. The number of likely N-dealkylation sites (N-methyl/N-ethyl adjacent to an activating group) is 1. The average molecular weight is 410 g/mol. The lowest BCUT2D eigenvalue weighted by Crippen LogP contribution is -2.49. The van der Waals surface area contributed by atoms with E-state index in [-0.39, 0.29) is 29.1 Å². The van der Waals surface area contributed by atoms with Crippen LogP contribution in [-0.4, -0.2) is 52.0 Å².